The molecule has 0 bridgehead atoms. The Hall–Kier alpha value is -1.75. The molecule has 0 saturated heterocycles. The summed E-state index contributed by atoms with van der Waals surface area (Å²) in [5.74, 6) is 1.75. The van der Waals surface area contributed by atoms with Crippen molar-refractivity contribution in [2.45, 2.75) is 32.4 Å². The monoisotopic (exact) mass is 291 g/mol. The first-order valence-electron chi connectivity index (χ1n) is 7.41. The van der Waals surface area contributed by atoms with Crippen molar-refractivity contribution in [3.63, 3.8) is 0 Å². The van der Waals surface area contributed by atoms with Crippen molar-refractivity contribution in [3.05, 3.63) is 29.3 Å². The third-order valence-corrected chi connectivity index (χ3v) is 3.36. The summed E-state index contributed by atoms with van der Waals surface area (Å²) in [6, 6.07) is 6.84. The van der Waals surface area contributed by atoms with Gasteiger partial charge in [-0.2, -0.15) is 0 Å². The number of nitrogens with zero attached hydrogens (tertiary/aromatic N) is 1. The molecule has 2 N–H and O–H groups in total. The molecular weight excluding hydrogens is 266 g/mol. The highest BCUT2D eigenvalue weighted by molar-refractivity contribution is 5.80. The Morgan fingerprint density at radius 3 is 2.81 bits per heavy atom. The fourth-order valence-electron chi connectivity index (χ4n) is 1.97. The molecule has 0 atom stereocenters. The number of ether oxygens (including phenoxy) is 2. The molecule has 1 fully saturated rings. The van der Waals surface area contributed by atoms with E-state index in [0.29, 0.717) is 25.8 Å². The Morgan fingerprint density at radius 1 is 1.33 bits per heavy atom. The van der Waals surface area contributed by atoms with E-state index in [1.807, 2.05) is 0 Å². The zero-order valence-corrected chi connectivity index (χ0v) is 13.1. The molecule has 1 aromatic rings. The van der Waals surface area contributed by atoms with Crippen molar-refractivity contribution in [2.75, 3.05) is 27.4 Å². The summed E-state index contributed by atoms with van der Waals surface area (Å²) in [4.78, 5) is 4.24. The summed E-state index contributed by atoms with van der Waals surface area (Å²) in [6.07, 6.45) is 2.47. The standard InChI is InChI=1S/C16H25N3O2/c1-12-4-5-13(15(10-12)21-9-8-20-3)11-18-16(17-2)19-14-6-7-14/h4-5,10,14H,6-9,11H2,1-3H3,(H2,17,18,19). The van der Waals surface area contributed by atoms with E-state index in [2.05, 4.69) is 40.7 Å². The molecule has 1 aliphatic carbocycles. The van der Waals surface area contributed by atoms with Crippen molar-refractivity contribution >= 4 is 5.96 Å². The lowest BCUT2D eigenvalue weighted by atomic mass is 10.1. The van der Waals surface area contributed by atoms with Gasteiger partial charge in [-0.3, -0.25) is 4.99 Å². The summed E-state index contributed by atoms with van der Waals surface area (Å²) in [5.41, 5.74) is 2.31. The Balaban J connectivity index is 1.93. The van der Waals surface area contributed by atoms with E-state index in [0.717, 1.165) is 17.3 Å². The van der Waals surface area contributed by atoms with Gasteiger partial charge in [0.15, 0.2) is 5.96 Å². The van der Waals surface area contributed by atoms with Crippen molar-refractivity contribution < 1.29 is 9.47 Å². The van der Waals surface area contributed by atoms with Gasteiger partial charge in [0.05, 0.1) is 6.61 Å². The molecule has 0 amide bonds. The number of benzene rings is 1. The number of hydrogen-bond acceptors (Lipinski definition) is 3. The molecule has 0 unspecified atom stereocenters. The van der Waals surface area contributed by atoms with Crippen LogP contribution in [0.1, 0.15) is 24.0 Å². The van der Waals surface area contributed by atoms with E-state index >= 15 is 0 Å². The third-order valence-electron chi connectivity index (χ3n) is 3.36. The zero-order chi connectivity index (χ0) is 15.1. The molecule has 2 rings (SSSR count). The molecule has 5 heteroatoms. The van der Waals surface area contributed by atoms with Crippen LogP contribution in [0.15, 0.2) is 23.2 Å². The molecule has 1 saturated carbocycles. The van der Waals surface area contributed by atoms with Gasteiger partial charge >= 0.3 is 0 Å². The van der Waals surface area contributed by atoms with Gasteiger partial charge in [0.25, 0.3) is 0 Å². The number of methoxy groups -OCH3 is 1. The minimum Gasteiger partial charge on any atom is -0.491 e. The van der Waals surface area contributed by atoms with Crippen LogP contribution in [0.4, 0.5) is 0 Å². The van der Waals surface area contributed by atoms with Crippen LogP contribution in [0.2, 0.25) is 0 Å². The summed E-state index contributed by atoms with van der Waals surface area (Å²) < 4.78 is 10.8. The summed E-state index contributed by atoms with van der Waals surface area (Å²) in [5, 5.41) is 6.71. The maximum atomic E-state index is 5.79. The normalized spacial score (nSPS) is 14.9. The number of aliphatic imine (C=N–C) groups is 1. The van der Waals surface area contributed by atoms with Gasteiger partial charge in [0.2, 0.25) is 0 Å². The van der Waals surface area contributed by atoms with Crippen LogP contribution >= 0.6 is 0 Å². The highest BCUT2D eigenvalue weighted by atomic mass is 16.5. The molecule has 0 spiro atoms. The Bertz CT molecular complexity index is 484. The van der Waals surface area contributed by atoms with Crippen LogP contribution in [-0.2, 0) is 11.3 Å². The second kappa shape index (κ2) is 7.88. The van der Waals surface area contributed by atoms with Gasteiger partial charge in [-0.15, -0.1) is 0 Å². The fraction of sp³-hybridized carbons (Fsp3) is 0.562. The lowest BCUT2D eigenvalue weighted by molar-refractivity contribution is 0.145. The van der Waals surface area contributed by atoms with Gasteiger partial charge < -0.3 is 20.1 Å². The largest absolute Gasteiger partial charge is 0.491 e. The van der Waals surface area contributed by atoms with E-state index in [1.165, 1.54) is 18.4 Å². The van der Waals surface area contributed by atoms with Crippen LogP contribution in [0.25, 0.3) is 0 Å². The first-order chi connectivity index (χ1) is 10.2. The summed E-state index contributed by atoms with van der Waals surface area (Å²) in [6.45, 7) is 3.90. The van der Waals surface area contributed by atoms with E-state index in [4.69, 9.17) is 9.47 Å². The maximum absolute atomic E-state index is 5.79. The Kier molecular flexibility index (Phi) is 5.87. The molecule has 0 aromatic heterocycles. The van der Waals surface area contributed by atoms with E-state index in [9.17, 15) is 0 Å². The Labute approximate surface area is 126 Å². The van der Waals surface area contributed by atoms with Gasteiger partial charge in [0.1, 0.15) is 12.4 Å². The van der Waals surface area contributed by atoms with E-state index < -0.39 is 0 Å². The van der Waals surface area contributed by atoms with Gasteiger partial charge in [-0.25, -0.2) is 0 Å². The first-order valence-corrected chi connectivity index (χ1v) is 7.41. The second-order valence-electron chi connectivity index (χ2n) is 5.30. The van der Waals surface area contributed by atoms with E-state index in [-0.39, 0.29) is 0 Å². The molecule has 1 aliphatic rings. The number of aryl methyl sites for hydroxylation is 1. The number of hydrogen-bond donors (Lipinski definition) is 2. The average molecular weight is 291 g/mol. The summed E-state index contributed by atoms with van der Waals surface area (Å²) in [7, 11) is 3.47. The smallest absolute Gasteiger partial charge is 0.191 e. The van der Waals surface area contributed by atoms with Crippen molar-refractivity contribution in [1.29, 1.82) is 0 Å². The third kappa shape index (κ3) is 5.27. The highest BCUT2D eigenvalue weighted by Gasteiger charge is 2.22. The van der Waals surface area contributed by atoms with Crippen molar-refractivity contribution in [2.24, 2.45) is 4.99 Å². The zero-order valence-electron chi connectivity index (χ0n) is 13.1. The predicted molar refractivity (Wildman–Crippen MR) is 84.9 cm³/mol. The number of nitrogens with one attached hydrogen (secondary N) is 2. The van der Waals surface area contributed by atoms with Crippen LogP contribution in [0.3, 0.4) is 0 Å². The molecule has 0 radical (unpaired) electrons. The molecule has 5 nitrogen and oxygen atoms in total. The highest BCUT2D eigenvalue weighted by Crippen LogP contribution is 2.21. The number of rotatable bonds is 7. The number of guanidine groups is 1. The van der Waals surface area contributed by atoms with Gasteiger partial charge in [-0.1, -0.05) is 12.1 Å². The Morgan fingerprint density at radius 2 is 2.14 bits per heavy atom. The molecule has 0 aliphatic heterocycles. The minimum absolute atomic E-state index is 0.558. The van der Waals surface area contributed by atoms with Crippen LogP contribution < -0.4 is 15.4 Å². The second-order valence-corrected chi connectivity index (χ2v) is 5.30. The lowest BCUT2D eigenvalue weighted by Gasteiger charge is -2.15. The van der Waals surface area contributed by atoms with Crippen LogP contribution in [0, 0.1) is 6.92 Å². The van der Waals surface area contributed by atoms with Crippen LogP contribution in [0.5, 0.6) is 5.75 Å². The molecule has 116 valence electrons. The maximum Gasteiger partial charge on any atom is 0.191 e. The first kappa shape index (κ1) is 15.6. The summed E-state index contributed by atoms with van der Waals surface area (Å²) >= 11 is 0. The minimum atomic E-state index is 0.558. The van der Waals surface area contributed by atoms with Crippen LogP contribution in [-0.4, -0.2) is 39.4 Å². The molecular formula is C16H25N3O2. The fourth-order valence-corrected chi connectivity index (χ4v) is 1.97. The SMILES string of the molecule is CN=C(NCc1ccc(C)cc1OCCOC)NC1CC1. The topological polar surface area (TPSA) is 54.9 Å². The molecule has 21 heavy (non-hydrogen) atoms. The van der Waals surface area contributed by atoms with E-state index in [1.54, 1.807) is 14.2 Å². The molecule has 0 heterocycles. The lowest BCUT2D eigenvalue weighted by Crippen LogP contribution is -2.38. The van der Waals surface area contributed by atoms with Gasteiger partial charge in [0, 0.05) is 32.3 Å². The van der Waals surface area contributed by atoms with Gasteiger partial charge in [-0.05, 0) is 31.4 Å². The molecule has 1 aromatic carbocycles. The van der Waals surface area contributed by atoms with Crippen molar-refractivity contribution in [1.82, 2.24) is 10.6 Å². The quantitative estimate of drug-likeness (QED) is 0.457. The predicted octanol–water partition coefficient (Wildman–Crippen LogP) is 1.85. The van der Waals surface area contributed by atoms with Crippen molar-refractivity contribution in [3.8, 4) is 5.75 Å². The average Bonchev–Trinajstić information content (AvgIpc) is 3.29.